The highest BCUT2D eigenvalue weighted by Gasteiger charge is 2.25. The van der Waals surface area contributed by atoms with Gasteiger partial charge in [0.15, 0.2) is 11.6 Å². The van der Waals surface area contributed by atoms with Crippen molar-refractivity contribution in [3.63, 3.8) is 0 Å². The lowest BCUT2D eigenvalue weighted by molar-refractivity contribution is 0.0674. The first-order chi connectivity index (χ1) is 15.2. The van der Waals surface area contributed by atoms with Gasteiger partial charge in [-0.15, -0.1) is 0 Å². The molecule has 1 aromatic carbocycles. The predicted octanol–water partition coefficient (Wildman–Crippen LogP) is 5.76. The molecule has 3 aromatic heterocycles. The van der Waals surface area contributed by atoms with Gasteiger partial charge in [0.05, 0.1) is 19.4 Å². The first-order valence-corrected chi connectivity index (χ1v) is 10.8. The molecule has 5 rings (SSSR count). The number of nitrogens with zero attached hydrogens (tertiary/aromatic N) is 2. The van der Waals surface area contributed by atoms with Gasteiger partial charge in [0.1, 0.15) is 17.1 Å². The van der Waals surface area contributed by atoms with Gasteiger partial charge in [-0.25, -0.2) is 0 Å². The summed E-state index contributed by atoms with van der Waals surface area (Å²) < 4.78 is 17.6. The number of rotatable bonds is 6. The molecule has 31 heavy (non-hydrogen) atoms. The summed E-state index contributed by atoms with van der Waals surface area (Å²) in [5.74, 6) is 2.51. The summed E-state index contributed by atoms with van der Waals surface area (Å²) in [6.07, 6.45) is 5.26. The van der Waals surface area contributed by atoms with E-state index in [1.807, 2.05) is 55.5 Å². The predicted molar refractivity (Wildman–Crippen MR) is 118 cm³/mol. The molecular formula is C25H26N2O4. The van der Waals surface area contributed by atoms with Crippen LogP contribution >= 0.6 is 0 Å². The summed E-state index contributed by atoms with van der Waals surface area (Å²) in [6.45, 7) is 4.62. The monoisotopic (exact) mass is 418 g/mol. The van der Waals surface area contributed by atoms with Crippen LogP contribution in [0.15, 0.2) is 68.0 Å². The number of carbonyl (C=O) groups is 1. The van der Waals surface area contributed by atoms with Crippen LogP contribution in [0.25, 0.3) is 11.0 Å². The van der Waals surface area contributed by atoms with Gasteiger partial charge in [-0.3, -0.25) is 4.79 Å². The lowest BCUT2D eigenvalue weighted by Gasteiger charge is -2.26. The average Bonchev–Trinajstić information content (AvgIpc) is 3.55. The van der Waals surface area contributed by atoms with E-state index in [4.69, 9.17) is 13.3 Å². The number of hydrogen-bond acceptors (Lipinski definition) is 5. The molecule has 160 valence electrons. The van der Waals surface area contributed by atoms with Crippen LogP contribution in [0.3, 0.4) is 0 Å². The molecule has 6 nitrogen and oxygen atoms in total. The van der Waals surface area contributed by atoms with E-state index in [-0.39, 0.29) is 5.91 Å². The summed E-state index contributed by atoms with van der Waals surface area (Å²) in [5.41, 5.74) is 1.56. The van der Waals surface area contributed by atoms with Crippen LogP contribution in [0.1, 0.15) is 46.9 Å². The van der Waals surface area contributed by atoms with Gasteiger partial charge >= 0.3 is 0 Å². The minimum atomic E-state index is -0.180. The van der Waals surface area contributed by atoms with Gasteiger partial charge in [0.2, 0.25) is 0 Å². The fourth-order valence-corrected chi connectivity index (χ4v) is 4.24. The number of anilines is 1. The number of benzene rings is 1. The second-order valence-electron chi connectivity index (χ2n) is 8.08. The minimum absolute atomic E-state index is 0.180. The average molecular weight is 418 g/mol. The van der Waals surface area contributed by atoms with Crippen molar-refractivity contribution in [2.75, 3.05) is 18.0 Å². The summed E-state index contributed by atoms with van der Waals surface area (Å²) in [5, 5.41) is 0.953. The molecule has 1 amide bonds. The van der Waals surface area contributed by atoms with Crippen molar-refractivity contribution < 1.29 is 18.0 Å². The highest BCUT2D eigenvalue weighted by molar-refractivity contribution is 5.98. The molecule has 1 aliphatic heterocycles. The van der Waals surface area contributed by atoms with Crippen molar-refractivity contribution in [3.05, 3.63) is 77.6 Å². The summed E-state index contributed by atoms with van der Waals surface area (Å²) in [6, 6.07) is 15.4. The van der Waals surface area contributed by atoms with Crippen LogP contribution in [-0.4, -0.2) is 23.9 Å². The van der Waals surface area contributed by atoms with Crippen molar-refractivity contribution in [3.8, 4) is 0 Å². The van der Waals surface area contributed by atoms with E-state index >= 15 is 0 Å². The zero-order valence-electron chi connectivity index (χ0n) is 17.7. The maximum absolute atomic E-state index is 13.5. The normalized spacial score (nSPS) is 14.3. The molecule has 0 N–H and O–H groups in total. The van der Waals surface area contributed by atoms with Crippen molar-refractivity contribution in [1.29, 1.82) is 0 Å². The fourth-order valence-electron chi connectivity index (χ4n) is 4.24. The van der Waals surface area contributed by atoms with Crippen LogP contribution in [0.4, 0.5) is 5.88 Å². The number of para-hydroxylation sites is 1. The Kier molecular flexibility index (Phi) is 5.28. The molecule has 4 aromatic rings. The molecule has 0 bridgehead atoms. The topological polar surface area (TPSA) is 63.0 Å². The van der Waals surface area contributed by atoms with Crippen molar-refractivity contribution in [1.82, 2.24) is 4.90 Å². The Bertz CT molecular complexity index is 1170. The highest BCUT2D eigenvalue weighted by Crippen LogP contribution is 2.28. The fraction of sp³-hybridized carbons (Fsp3) is 0.320. The van der Waals surface area contributed by atoms with E-state index in [0.717, 1.165) is 35.7 Å². The third kappa shape index (κ3) is 3.98. The number of amides is 1. The number of hydrogen-bond donors (Lipinski definition) is 0. The Labute approximate surface area is 181 Å². The molecule has 0 radical (unpaired) electrons. The van der Waals surface area contributed by atoms with Crippen LogP contribution in [0.5, 0.6) is 0 Å². The Morgan fingerprint density at radius 2 is 1.74 bits per heavy atom. The molecule has 0 unspecified atom stereocenters. The second-order valence-corrected chi connectivity index (χ2v) is 8.08. The number of carbonyl (C=O) groups excluding carboxylic acids is 1. The van der Waals surface area contributed by atoms with E-state index in [1.165, 1.54) is 19.3 Å². The number of piperidine rings is 1. The zero-order chi connectivity index (χ0) is 21.2. The smallest absolute Gasteiger partial charge is 0.290 e. The Hall–Kier alpha value is -3.41. The SMILES string of the molecule is Cc1c(C(=O)N(Cc2ccco2)Cc2ccc(N3CCCCC3)o2)oc2ccccc12. The molecule has 1 saturated heterocycles. The number of fused-ring (bicyclic) bond motifs is 1. The maximum Gasteiger partial charge on any atom is 0.290 e. The summed E-state index contributed by atoms with van der Waals surface area (Å²) >= 11 is 0. The Balaban J connectivity index is 1.42. The molecule has 0 saturated carbocycles. The lowest BCUT2D eigenvalue weighted by atomic mass is 10.1. The van der Waals surface area contributed by atoms with Crippen molar-refractivity contribution in [2.24, 2.45) is 0 Å². The maximum atomic E-state index is 13.5. The summed E-state index contributed by atoms with van der Waals surface area (Å²) in [7, 11) is 0. The molecule has 0 spiro atoms. The molecule has 1 fully saturated rings. The van der Waals surface area contributed by atoms with E-state index in [1.54, 1.807) is 11.2 Å². The first-order valence-electron chi connectivity index (χ1n) is 10.8. The van der Waals surface area contributed by atoms with E-state index < -0.39 is 0 Å². The third-order valence-electron chi connectivity index (χ3n) is 5.91. The minimum Gasteiger partial charge on any atom is -0.467 e. The van der Waals surface area contributed by atoms with E-state index in [9.17, 15) is 4.79 Å². The van der Waals surface area contributed by atoms with E-state index in [2.05, 4.69) is 4.90 Å². The number of aryl methyl sites for hydroxylation is 1. The molecule has 4 heterocycles. The quantitative estimate of drug-likeness (QED) is 0.398. The zero-order valence-corrected chi connectivity index (χ0v) is 17.7. The standard InChI is InChI=1S/C25H26N2O4/c1-18-21-9-3-4-10-22(21)31-24(18)25(28)27(16-19-8-7-15-29-19)17-20-11-12-23(30-20)26-13-5-2-6-14-26/h3-4,7-12,15H,2,5-6,13-14,16-17H2,1H3. The van der Waals surface area contributed by atoms with Crippen molar-refractivity contribution >= 4 is 22.8 Å². The van der Waals surface area contributed by atoms with Crippen LogP contribution in [-0.2, 0) is 13.1 Å². The van der Waals surface area contributed by atoms with Crippen LogP contribution in [0, 0.1) is 6.92 Å². The van der Waals surface area contributed by atoms with Crippen LogP contribution in [0.2, 0.25) is 0 Å². The Morgan fingerprint density at radius 1 is 0.935 bits per heavy atom. The lowest BCUT2D eigenvalue weighted by Crippen LogP contribution is -2.30. The molecule has 6 heteroatoms. The Morgan fingerprint density at radius 3 is 2.52 bits per heavy atom. The number of furan rings is 3. The largest absolute Gasteiger partial charge is 0.467 e. The molecule has 0 aliphatic carbocycles. The van der Waals surface area contributed by atoms with Gasteiger partial charge in [-0.1, -0.05) is 18.2 Å². The van der Waals surface area contributed by atoms with Crippen molar-refractivity contribution in [2.45, 2.75) is 39.3 Å². The van der Waals surface area contributed by atoms with Gasteiger partial charge in [-0.05, 0) is 50.5 Å². The van der Waals surface area contributed by atoms with Gasteiger partial charge in [0.25, 0.3) is 5.91 Å². The third-order valence-corrected chi connectivity index (χ3v) is 5.91. The highest BCUT2D eigenvalue weighted by atomic mass is 16.4. The second kappa shape index (κ2) is 8.38. The van der Waals surface area contributed by atoms with Gasteiger partial charge in [0, 0.05) is 30.1 Å². The molecule has 1 aliphatic rings. The first kappa shape index (κ1) is 19.5. The summed E-state index contributed by atoms with van der Waals surface area (Å²) in [4.78, 5) is 17.5. The van der Waals surface area contributed by atoms with E-state index in [0.29, 0.717) is 30.2 Å². The molecular weight excluding hydrogens is 392 g/mol. The van der Waals surface area contributed by atoms with Crippen LogP contribution < -0.4 is 4.90 Å². The van der Waals surface area contributed by atoms with Gasteiger partial charge in [-0.2, -0.15) is 0 Å². The molecule has 0 atom stereocenters. The van der Waals surface area contributed by atoms with Gasteiger partial charge < -0.3 is 23.1 Å².